The van der Waals surface area contributed by atoms with Gasteiger partial charge in [0.05, 0.1) is 0 Å². The zero-order valence-electron chi connectivity index (χ0n) is 14.2. The van der Waals surface area contributed by atoms with Crippen molar-refractivity contribution < 1.29 is 0 Å². The van der Waals surface area contributed by atoms with Gasteiger partial charge < -0.3 is 10.2 Å². The van der Waals surface area contributed by atoms with E-state index in [4.69, 9.17) is 0 Å². The quantitative estimate of drug-likeness (QED) is 0.694. The number of rotatable bonds is 9. The van der Waals surface area contributed by atoms with Crippen LogP contribution in [0, 0.1) is 11.8 Å². The molecule has 2 rings (SSSR count). The van der Waals surface area contributed by atoms with Crippen molar-refractivity contribution in [3.63, 3.8) is 0 Å². The summed E-state index contributed by atoms with van der Waals surface area (Å²) >= 11 is 0. The predicted molar refractivity (Wildman–Crippen MR) is 91.6 cm³/mol. The van der Waals surface area contributed by atoms with Crippen LogP contribution < -0.4 is 5.32 Å². The van der Waals surface area contributed by atoms with Crippen LogP contribution in [0.4, 0.5) is 0 Å². The van der Waals surface area contributed by atoms with Gasteiger partial charge in [0.2, 0.25) is 0 Å². The van der Waals surface area contributed by atoms with Gasteiger partial charge in [-0.25, -0.2) is 0 Å². The summed E-state index contributed by atoms with van der Waals surface area (Å²) in [6, 6.07) is 9.22. The number of benzene rings is 1. The fourth-order valence-electron chi connectivity index (χ4n) is 2.99. The molecule has 0 aromatic heterocycles. The standard InChI is InChI=1S/C19H32N2/c1-5-10-20-12-16(3)18-8-6-17(7-9-18)13-21(4)14-19-11-15(19)2/h6-9,15-16,19-20H,5,10-14H2,1-4H3. The average molecular weight is 288 g/mol. The Morgan fingerprint density at radius 2 is 1.95 bits per heavy atom. The Balaban J connectivity index is 1.77. The van der Waals surface area contributed by atoms with Gasteiger partial charge in [0.25, 0.3) is 0 Å². The molecule has 1 aromatic carbocycles. The lowest BCUT2D eigenvalue weighted by molar-refractivity contribution is 0.307. The normalized spacial score (nSPS) is 22.5. The maximum Gasteiger partial charge on any atom is 0.0230 e. The number of nitrogens with one attached hydrogen (secondary N) is 1. The average Bonchev–Trinajstić information content (AvgIpc) is 3.14. The molecular formula is C19H32N2. The van der Waals surface area contributed by atoms with E-state index in [1.54, 1.807) is 0 Å². The fraction of sp³-hybridized carbons (Fsp3) is 0.684. The van der Waals surface area contributed by atoms with Gasteiger partial charge in [-0.05, 0) is 55.3 Å². The van der Waals surface area contributed by atoms with Crippen LogP contribution >= 0.6 is 0 Å². The lowest BCUT2D eigenvalue weighted by Gasteiger charge is -2.18. The van der Waals surface area contributed by atoms with Crippen LogP contribution in [0.15, 0.2) is 24.3 Å². The first-order valence-corrected chi connectivity index (χ1v) is 8.58. The summed E-state index contributed by atoms with van der Waals surface area (Å²) in [6.45, 7) is 11.4. The summed E-state index contributed by atoms with van der Waals surface area (Å²) in [6.07, 6.45) is 2.63. The monoisotopic (exact) mass is 288 g/mol. The Kier molecular flexibility index (Phi) is 6.25. The number of hydrogen-bond acceptors (Lipinski definition) is 2. The Morgan fingerprint density at radius 1 is 1.29 bits per heavy atom. The zero-order valence-corrected chi connectivity index (χ0v) is 14.2. The van der Waals surface area contributed by atoms with Crippen LogP contribution in [-0.4, -0.2) is 31.6 Å². The number of hydrogen-bond donors (Lipinski definition) is 1. The second-order valence-electron chi connectivity index (χ2n) is 7.02. The van der Waals surface area contributed by atoms with Crippen LogP contribution in [0.1, 0.15) is 50.7 Å². The van der Waals surface area contributed by atoms with Gasteiger partial charge in [-0.1, -0.05) is 45.0 Å². The van der Waals surface area contributed by atoms with Gasteiger partial charge in [0, 0.05) is 19.6 Å². The zero-order chi connectivity index (χ0) is 15.2. The Labute approximate surface area is 130 Å². The predicted octanol–water partition coefficient (Wildman–Crippen LogP) is 3.88. The SMILES string of the molecule is CCCNCC(C)c1ccc(CN(C)CC2CC2C)cc1. The van der Waals surface area contributed by atoms with Crippen LogP contribution in [0.3, 0.4) is 0 Å². The Bertz CT molecular complexity index is 412. The molecule has 3 unspecified atom stereocenters. The van der Waals surface area contributed by atoms with Gasteiger partial charge >= 0.3 is 0 Å². The van der Waals surface area contributed by atoms with Gasteiger partial charge in [-0.15, -0.1) is 0 Å². The molecule has 118 valence electrons. The molecule has 1 aliphatic rings. The van der Waals surface area contributed by atoms with E-state index in [9.17, 15) is 0 Å². The highest BCUT2D eigenvalue weighted by molar-refractivity contribution is 5.25. The van der Waals surface area contributed by atoms with Crippen molar-refractivity contribution in [2.45, 2.75) is 46.1 Å². The first kappa shape index (κ1) is 16.5. The summed E-state index contributed by atoms with van der Waals surface area (Å²) in [5.74, 6) is 2.49. The molecule has 1 aliphatic carbocycles. The van der Waals surface area contributed by atoms with E-state index >= 15 is 0 Å². The smallest absolute Gasteiger partial charge is 0.0230 e. The molecule has 1 aromatic rings. The minimum Gasteiger partial charge on any atom is -0.316 e. The molecule has 1 N–H and O–H groups in total. The summed E-state index contributed by atoms with van der Waals surface area (Å²) in [5.41, 5.74) is 2.88. The van der Waals surface area contributed by atoms with Crippen molar-refractivity contribution in [2.24, 2.45) is 11.8 Å². The molecule has 0 radical (unpaired) electrons. The Hall–Kier alpha value is -0.860. The highest BCUT2D eigenvalue weighted by Crippen LogP contribution is 2.38. The van der Waals surface area contributed by atoms with E-state index in [1.807, 2.05) is 0 Å². The maximum absolute atomic E-state index is 3.50. The molecule has 0 spiro atoms. The van der Waals surface area contributed by atoms with E-state index < -0.39 is 0 Å². The topological polar surface area (TPSA) is 15.3 Å². The highest BCUT2D eigenvalue weighted by atomic mass is 15.1. The lowest BCUT2D eigenvalue weighted by atomic mass is 9.99. The molecule has 21 heavy (non-hydrogen) atoms. The highest BCUT2D eigenvalue weighted by Gasteiger charge is 2.32. The molecule has 0 amide bonds. The van der Waals surface area contributed by atoms with Gasteiger partial charge in [-0.3, -0.25) is 0 Å². The third-order valence-corrected chi connectivity index (χ3v) is 4.70. The van der Waals surface area contributed by atoms with E-state index in [0.717, 1.165) is 31.5 Å². The van der Waals surface area contributed by atoms with E-state index in [1.165, 1.54) is 30.5 Å². The Morgan fingerprint density at radius 3 is 2.52 bits per heavy atom. The molecule has 2 heteroatoms. The lowest BCUT2D eigenvalue weighted by Crippen LogP contribution is -2.21. The van der Waals surface area contributed by atoms with Crippen molar-refractivity contribution in [2.75, 3.05) is 26.7 Å². The first-order valence-electron chi connectivity index (χ1n) is 8.58. The third kappa shape index (κ3) is 5.44. The molecule has 0 bridgehead atoms. The van der Waals surface area contributed by atoms with Crippen LogP contribution in [0.2, 0.25) is 0 Å². The summed E-state index contributed by atoms with van der Waals surface area (Å²) < 4.78 is 0. The molecule has 3 atom stereocenters. The van der Waals surface area contributed by atoms with Gasteiger partial charge in [0.1, 0.15) is 0 Å². The molecular weight excluding hydrogens is 256 g/mol. The largest absolute Gasteiger partial charge is 0.316 e. The molecule has 0 heterocycles. The minimum atomic E-state index is 0.593. The second kappa shape index (κ2) is 7.95. The van der Waals surface area contributed by atoms with Crippen molar-refractivity contribution in [3.05, 3.63) is 35.4 Å². The molecule has 2 nitrogen and oxygen atoms in total. The molecule has 0 aliphatic heterocycles. The van der Waals surface area contributed by atoms with Crippen molar-refractivity contribution in [3.8, 4) is 0 Å². The third-order valence-electron chi connectivity index (χ3n) is 4.70. The van der Waals surface area contributed by atoms with Crippen molar-refractivity contribution in [1.29, 1.82) is 0 Å². The summed E-state index contributed by atoms with van der Waals surface area (Å²) in [7, 11) is 2.25. The summed E-state index contributed by atoms with van der Waals surface area (Å²) in [5, 5.41) is 3.50. The number of nitrogens with zero attached hydrogens (tertiary/aromatic N) is 1. The van der Waals surface area contributed by atoms with Crippen molar-refractivity contribution >= 4 is 0 Å². The molecule has 1 saturated carbocycles. The minimum absolute atomic E-state index is 0.593. The first-order chi connectivity index (χ1) is 10.1. The second-order valence-corrected chi connectivity index (χ2v) is 7.02. The van der Waals surface area contributed by atoms with Crippen LogP contribution in [-0.2, 0) is 6.54 Å². The maximum atomic E-state index is 3.50. The van der Waals surface area contributed by atoms with Crippen LogP contribution in [0.5, 0.6) is 0 Å². The van der Waals surface area contributed by atoms with Gasteiger partial charge in [0.15, 0.2) is 0 Å². The van der Waals surface area contributed by atoms with E-state index in [0.29, 0.717) is 5.92 Å². The molecule has 0 saturated heterocycles. The van der Waals surface area contributed by atoms with E-state index in [-0.39, 0.29) is 0 Å². The van der Waals surface area contributed by atoms with Crippen molar-refractivity contribution in [1.82, 2.24) is 10.2 Å². The van der Waals surface area contributed by atoms with E-state index in [2.05, 4.69) is 62.3 Å². The van der Waals surface area contributed by atoms with Crippen LogP contribution in [0.25, 0.3) is 0 Å². The summed E-state index contributed by atoms with van der Waals surface area (Å²) in [4.78, 5) is 2.47. The van der Waals surface area contributed by atoms with Gasteiger partial charge in [-0.2, -0.15) is 0 Å². The fourth-order valence-corrected chi connectivity index (χ4v) is 2.99. The molecule has 1 fully saturated rings.